The van der Waals surface area contributed by atoms with Crippen LogP contribution in [0.1, 0.15) is 63.1 Å². The molecule has 0 bridgehead atoms. The Morgan fingerprint density at radius 3 is 2.21 bits per heavy atom. The lowest BCUT2D eigenvalue weighted by molar-refractivity contribution is -0.139. The zero-order chi connectivity index (χ0) is 42.4. The SMILES string of the molecule is Cc1ccccc1NC(=O)N(C(=O)[C@H](Cc1c[nH]c2ccccc12)NC(=O)OC(C)(C)C)[C@@H](CCCCN)C(=O)NCCC(=O)N(C)[C@@H](Cc1ccccc1)C(N)=O. The monoisotopic (exact) mass is 796 g/mol. The number of primary amides is 1. The van der Waals surface area contributed by atoms with Gasteiger partial charge in [0.05, 0.1) is 0 Å². The van der Waals surface area contributed by atoms with Crippen molar-refractivity contribution in [2.75, 3.05) is 25.5 Å². The Hall–Kier alpha value is -6.22. The molecule has 7 amide bonds. The van der Waals surface area contributed by atoms with E-state index in [-0.39, 0.29) is 32.2 Å². The molecular formula is C43H56N8O7. The number of nitrogens with zero attached hydrogens (tertiary/aromatic N) is 2. The molecule has 0 radical (unpaired) electrons. The van der Waals surface area contributed by atoms with Gasteiger partial charge in [-0.1, -0.05) is 66.7 Å². The standard InChI is InChI=1S/C43H56N8O7/c1-28-15-9-11-19-32(28)48-41(56)51(40(55)34(49-42(57)58-43(2,3)4)26-30-27-47-33-20-12-10-18-31(30)33)35(21-13-14-23-44)39(54)46-24-22-37(52)50(5)36(38(45)53)25-29-16-7-6-8-17-29/h6-12,15-20,27,34-36,47H,13-14,21-26,44H2,1-5H3,(H2,45,53)(H,46,54)(H,48,56)(H,49,57)/t34-,35-,36-/m0/s1. The van der Waals surface area contributed by atoms with Crippen LogP contribution in [0.4, 0.5) is 15.3 Å². The zero-order valence-corrected chi connectivity index (χ0v) is 33.9. The third-order valence-electron chi connectivity index (χ3n) is 9.58. The smallest absolute Gasteiger partial charge is 0.408 e. The number of para-hydroxylation sites is 2. The van der Waals surface area contributed by atoms with Crippen LogP contribution in [0.2, 0.25) is 0 Å². The first-order valence-electron chi connectivity index (χ1n) is 19.4. The fourth-order valence-electron chi connectivity index (χ4n) is 6.51. The maximum atomic E-state index is 14.9. The number of benzene rings is 3. The molecule has 58 heavy (non-hydrogen) atoms. The summed E-state index contributed by atoms with van der Waals surface area (Å²) in [7, 11) is 1.47. The van der Waals surface area contributed by atoms with Gasteiger partial charge in [-0.3, -0.25) is 19.2 Å². The molecule has 0 aliphatic heterocycles. The summed E-state index contributed by atoms with van der Waals surface area (Å²) in [6, 6.07) is 19.0. The Morgan fingerprint density at radius 1 is 0.862 bits per heavy atom. The molecule has 1 heterocycles. The minimum absolute atomic E-state index is 0.0247. The van der Waals surface area contributed by atoms with Crippen LogP contribution in [0, 0.1) is 6.92 Å². The van der Waals surface area contributed by atoms with E-state index >= 15 is 0 Å². The van der Waals surface area contributed by atoms with Crippen LogP contribution in [0.25, 0.3) is 10.9 Å². The number of rotatable bonds is 18. The van der Waals surface area contributed by atoms with Crippen LogP contribution in [-0.4, -0.2) is 94.4 Å². The molecule has 0 saturated carbocycles. The average Bonchev–Trinajstić information content (AvgIpc) is 3.58. The van der Waals surface area contributed by atoms with Crippen molar-refractivity contribution in [3.63, 3.8) is 0 Å². The average molecular weight is 797 g/mol. The predicted octanol–water partition coefficient (Wildman–Crippen LogP) is 4.53. The lowest BCUT2D eigenvalue weighted by Crippen LogP contribution is -2.59. The molecular weight excluding hydrogens is 741 g/mol. The fraction of sp³-hybridized carbons (Fsp3) is 0.395. The van der Waals surface area contributed by atoms with E-state index in [2.05, 4.69) is 20.9 Å². The second kappa shape index (κ2) is 20.8. The summed E-state index contributed by atoms with van der Waals surface area (Å²) < 4.78 is 5.54. The van der Waals surface area contributed by atoms with Crippen LogP contribution >= 0.6 is 0 Å². The van der Waals surface area contributed by atoms with Crippen LogP contribution in [0.3, 0.4) is 0 Å². The molecule has 0 aliphatic carbocycles. The van der Waals surface area contributed by atoms with Crippen molar-refractivity contribution >= 4 is 52.3 Å². The molecule has 0 saturated heterocycles. The molecule has 8 N–H and O–H groups in total. The number of imide groups is 1. The number of aromatic nitrogens is 1. The van der Waals surface area contributed by atoms with Gasteiger partial charge in [0.2, 0.25) is 17.7 Å². The number of H-pyrrole nitrogens is 1. The molecule has 3 aromatic carbocycles. The van der Waals surface area contributed by atoms with E-state index < -0.39 is 59.5 Å². The number of nitrogens with two attached hydrogens (primary N) is 2. The fourth-order valence-corrected chi connectivity index (χ4v) is 6.51. The van der Waals surface area contributed by atoms with Crippen molar-refractivity contribution in [1.82, 2.24) is 25.4 Å². The first-order valence-corrected chi connectivity index (χ1v) is 19.4. The van der Waals surface area contributed by atoms with E-state index in [1.165, 1.54) is 11.9 Å². The number of urea groups is 1. The summed E-state index contributed by atoms with van der Waals surface area (Å²) in [6.07, 6.45) is 1.65. The Morgan fingerprint density at radius 2 is 1.53 bits per heavy atom. The lowest BCUT2D eigenvalue weighted by atomic mass is 10.0. The quantitative estimate of drug-likeness (QED) is 0.0784. The number of hydrogen-bond acceptors (Lipinski definition) is 8. The number of carbonyl (C=O) groups excluding carboxylic acids is 6. The van der Waals surface area contributed by atoms with Gasteiger partial charge in [-0.05, 0) is 82.3 Å². The number of carbonyl (C=O) groups is 6. The highest BCUT2D eigenvalue weighted by Crippen LogP contribution is 2.23. The second-order valence-electron chi connectivity index (χ2n) is 15.2. The molecule has 0 spiro atoms. The summed E-state index contributed by atoms with van der Waals surface area (Å²) in [5.74, 6) is -2.71. The number of alkyl carbamates (subject to hydrolysis) is 1. The van der Waals surface area contributed by atoms with Crippen molar-refractivity contribution in [1.29, 1.82) is 0 Å². The summed E-state index contributed by atoms with van der Waals surface area (Å²) in [6.45, 7) is 6.95. The van der Waals surface area contributed by atoms with Crippen LogP contribution in [-0.2, 0) is 36.8 Å². The van der Waals surface area contributed by atoms with Gasteiger partial charge in [-0.15, -0.1) is 0 Å². The maximum absolute atomic E-state index is 14.9. The Kier molecular flexibility index (Phi) is 16.0. The molecule has 3 atom stereocenters. The van der Waals surface area contributed by atoms with Gasteiger partial charge in [-0.25, -0.2) is 14.5 Å². The molecule has 4 rings (SSSR count). The molecule has 0 fully saturated rings. The first-order chi connectivity index (χ1) is 27.6. The van der Waals surface area contributed by atoms with E-state index in [1.54, 1.807) is 58.2 Å². The number of likely N-dealkylation sites (N-methyl/N-ethyl adjacent to an activating group) is 1. The molecule has 15 heteroatoms. The van der Waals surface area contributed by atoms with Gasteiger partial charge < -0.3 is 42.0 Å². The minimum atomic E-state index is -1.39. The number of hydrogen-bond donors (Lipinski definition) is 6. The van der Waals surface area contributed by atoms with Crippen LogP contribution in [0.5, 0.6) is 0 Å². The highest BCUT2D eigenvalue weighted by molar-refractivity contribution is 6.07. The normalized spacial score (nSPS) is 12.8. The molecule has 15 nitrogen and oxygen atoms in total. The van der Waals surface area contributed by atoms with Crippen molar-refractivity contribution in [3.05, 3.63) is 102 Å². The topological polar surface area (TPSA) is 222 Å². The van der Waals surface area contributed by atoms with Gasteiger partial charge in [0.15, 0.2) is 0 Å². The number of unbranched alkanes of at least 4 members (excludes halogenated alkanes) is 1. The minimum Gasteiger partial charge on any atom is -0.444 e. The summed E-state index contributed by atoms with van der Waals surface area (Å²) >= 11 is 0. The number of ether oxygens (including phenoxy) is 1. The maximum Gasteiger partial charge on any atom is 0.408 e. The molecule has 310 valence electrons. The molecule has 0 unspecified atom stereocenters. The van der Waals surface area contributed by atoms with Gasteiger partial charge in [-0.2, -0.15) is 0 Å². The largest absolute Gasteiger partial charge is 0.444 e. The van der Waals surface area contributed by atoms with Crippen molar-refractivity contribution < 1.29 is 33.5 Å². The lowest BCUT2D eigenvalue weighted by Gasteiger charge is -2.33. The molecule has 0 aliphatic rings. The summed E-state index contributed by atoms with van der Waals surface area (Å²) in [4.78, 5) is 87.9. The first kappa shape index (κ1) is 44.5. The van der Waals surface area contributed by atoms with Gasteiger partial charge in [0.1, 0.15) is 23.7 Å². The highest BCUT2D eigenvalue weighted by atomic mass is 16.6. The van der Waals surface area contributed by atoms with Crippen LogP contribution < -0.4 is 27.4 Å². The van der Waals surface area contributed by atoms with E-state index in [1.807, 2.05) is 54.6 Å². The summed E-state index contributed by atoms with van der Waals surface area (Å²) in [5.41, 5.74) is 14.0. The summed E-state index contributed by atoms with van der Waals surface area (Å²) in [5, 5.41) is 9.00. The predicted molar refractivity (Wildman–Crippen MR) is 222 cm³/mol. The highest BCUT2D eigenvalue weighted by Gasteiger charge is 2.40. The van der Waals surface area contributed by atoms with Gasteiger partial charge in [0, 0.05) is 55.6 Å². The zero-order valence-electron chi connectivity index (χ0n) is 33.9. The van der Waals surface area contributed by atoms with Crippen molar-refractivity contribution in [2.24, 2.45) is 11.5 Å². The number of aryl methyl sites for hydroxylation is 1. The van der Waals surface area contributed by atoms with Crippen LogP contribution in [0.15, 0.2) is 85.1 Å². The number of fused-ring (bicyclic) bond motifs is 1. The number of nitrogens with one attached hydrogen (secondary N) is 4. The molecule has 4 aromatic rings. The van der Waals surface area contributed by atoms with Gasteiger partial charge >= 0.3 is 12.1 Å². The molecule has 1 aromatic heterocycles. The van der Waals surface area contributed by atoms with E-state index in [0.717, 1.165) is 21.4 Å². The van der Waals surface area contributed by atoms with Crippen molar-refractivity contribution in [2.45, 2.75) is 89.9 Å². The third-order valence-corrected chi connectivity index (χ3v) is 9.58. The van der Waals surface area contributed by atoms with E-state index in [0.29, 0.717) is 36.2 Å². The Labute approximate surface area is 339 Å². The Bertz CT molecular complexity index is 2040. The number of amides is 7. The Balaban J connectivity index is 1.66. The van der Waals surface area contributed by atoms with Crippen molar-refractivity contribution in [3.8, 4) is 0 Å². The number of anilines is 1. The second-order valence-corrected chi connectivity index (χ2v) is 15.2. The van der Waals surface area contributed by atoms with E-state index in [9.17, 15) is 28.8 Å². The third kappa shape index (κ3) is 12.6. The van der Waals surface area contributed by atoms with E-state index in [4.69, 9.17) is 16.2 Å². The number of aromatic amines is 1. The van der Waals surface area contributed by atoms with Gasteiger partial charge in [0.25, 0.3) is 5.91 Å².